The molecule has 0 aliphatic carbocycles. The first-order valence-corrected chi connectivity index (χ1v) is 9.46. The highest BCUT2D eigenvalue weighted by molar-refractivity contribution is 7.13. The first-order valence-electron chi connectivity index (χ1n) is 8.58. The van der Waals surface area contributed by atoms with Gasteiger partial charge in [0.2, 0.25) is 17.6 Å². The van der Waals surface area contributed by atoms with E-state index in [1.54, 1.807) is 16.2 Å². The molecule has 0 fully saturated rings. The Hall–Kier alpha value is -2.67. The zero-order chi connectivity index (χ0) is 18.2. The van der Waals surface area contributed by atoms with Gasteiger partial charge in [-0.05, 0) is 36.9 Å². The molecule has 136 valence electrons. The molecule has 1 amide bonds. The summed E-state index contributed by atoms with van der Waals surface area (Å²) in [7, 11) is 0. The lowest BCUT2D eigenvalue weighted by Gasteiger charge is -2.18. The molecule has 0 atom stereocenters. The van der Waals surface area contributed by atoms with Crippen LogP contribution in [-0.2, 0) is 11.3 Å². The van der Waals surface area contributed by atoms with Gasteiger partial charge in [-0.1, -0.05) is 29.4 Å². The first-order chi connectivity index (χ1) is 12.8. The number of carbonyl (C=O) groups is 1. The standard InChI is InChI=1S/C19H21N3O3S/c1-2-22(14-17-20-19(21-25-17)16-10-7-13-26-16)18(23)11-6-12-24-15-8-4-3-5-9-15/h3-5,7-10,13H,2,6,11-12,14H2,1H3. The van der Waals surface area contributed by atoms with E-state index in [0.717, 1.165) is 10.6 Å². The van der Waals surface area contributed by atoms with E-state index in [4.69, 9.17) is 9.26 Å². The molecule has 0 aliphatic rings. The van der Waals surface area contributed by atoms with E-state index in [1.807, 2.05) is 54.8 Å². The van der Waals surface area contributed by atoms with Crippen LogP contribution in [0.2, 0.25) is 0 Å². The highest BCUT2D eigenvalue weighted by Crippen LogP contribution is 2.21. The predicted octanol–water partition coefficient (Wildman–Crippen LogP) is 4.01. The second kappa shape index (κ2) is 9.15. The number of carbonyl (C=O) groups excluding carboxylic acids is 1. The van der Waals surface area contributed by atoms with Crippen molar-refractivity contribution in [3.8, 4) is 16.5 Å². The zero-order valence-corrected chi connectivity index (χ0v) is 15.4. The quantitative estimate of drug-likeness (QED) is 0.532. The summed E-state index contributed by atoms with van der Waals surface area (Å²) in [6.07, 6.45) is 1.08. The Labute approximate surface area is 156 Å². The van der Waals surface area contributed by atoms with Crippen LogP contribution in [-0.4, -0.2) is 34.1 Å². The van der Waals surface area contributed by atoms with Gasteiger partial charge in [0.1, 0.15) is 5.75 Å². The number of para-hydroxylation sites is 1. The normalized spacial score (nSPS) is 10.7. The molecule has 1 aromatic carbocycles. The Kier molecular flexibility index (Phi) is 6.38. The monoisotopic (exact) mass is 371 g/mol. The smallest absolute Gasteiger partial charge is 0.246 e. The van der Waals surface area contributed by atoms with Crippen molar-refractivity contribution in [3.05, 3.63) is 53.7 Å². The summed E-state index contributed by atoms with van der Waals surface area (Å²) in [6, 6.07) is 13.5. The lowest BCUT2D eigenvalue weighted by molar-refractivity contribution is -0.132. The number of hydrogen-bond acceptors (Lipinski definition) is 6. The van der Waals surface area contributed by atoms with Gasteiger partial charge in [0, 0.05) is 13.0 Å². The molecule has 0 spiro atoms. The fourth-order valence-corrected chi connectivity index (χ4v) is 3.10. The van der Waals surface area contributed by atoms with Crippen LogP contribution in [0.15, 0.2) is 52.4 Å². The Morgan fingerprint density at radius 1 is 1.23 bits per heavy atom. The Balaban J connectivity index is 1.46. The molecular weight excluding hydrogens is 350 g/mol. The summed E-state index contributed by atoms with van der Waals surface area (Å²) in [5, 5.41) is 5.94. The number of aromatic nitrogens is 2. The third-order valence-electron chi connectivity index (χ3n) is 3.82. The summed E-state index contributed by atoms with van der Waals surface area (Å²) < 4.78 is 10.9. The van der Waals surface area contributed by atoms with Crippen LogP contribution < -0.4 is 4.74 Å². The third-order valence-corrected chi connectivity index (χ3v) is 4.68. The van der Waals surface area contributed by atoms with Gasteiger partial charge in [0.15, 0.2) is 0 Å². The average Bonchev–Trinajstić information content (AvgIpc) is 3.35. The number of nitrogens with zero attached hydrogens (tertiary/aromatic N) is 3. The van der Waals surface area contributed by atoms with E-state index in [9.17, 15) is 4.79 Å². The molecule has 0 saturated heterocycles. The van der Waals surface area contributed by atoms with E-state index in [1.165, 1.54) is 0 Å². The number of amides is 1. The van der Waals surface area contributed by atoms with Crippen molar-refractivity contribution < 1.29 is 14.1 Å². The largest absolute Gasteiger partial charge is 0.494 e. The van der Waals surface area contributed by atoms with Gasteiger partial charge in [0.25, 0.3) is 0 Å². The van der Waals surface area contributed by atoms with Crippen molar-refractivity contribution in [2.45, 2.75) is 26.3 Å². The molecule has 0 N–H and O–H groups in total. The molecule has 0 saturated carbocycles. The molecule has 0 radical (unpaired) electrons. The SMILES string of the molecule is CCN(Cc1nc(-c2cccs2)no1)C(=O)CCCOc1ccccc1. The Bertz CT molecular complexity index is 803. The molecule has 0 bridgehead atoms. The molecule has 2 aromatic heterocycles. The Morgan fingerprint density at radius 3 is 2.81 bits per heavy atom. The van der Waals surface area contributed by atoms with Gasteiger partial charge in [-0.2, -0.15) is 4.98 Å². The first kappa shape index (κ1) is 18.1. The van der Waals surface area contributed by atoms with Crippen LogP contribution in [0.1, 0.15) is 25.7 Å². The molecule has 2 heterocycles. The van der Waals surface area contributed by atoms with Crippen molar-refractivity contribution in [1.82, 2.24) is 15.0 Å². The second-order valence-corrected chi connectivity index (χ2v) is 6.61. The van der Waals surface area contributed by atoms with Gasteiger partial charge < -0.3 is 14.2 Å². The minimum atomic E-state index is 0.0556. The van der Waals surface area contributed by atoms with Crippen molar-refractivity contribution in [2.75, 3.05) is 13.2 Å². The van der Waals surface area contributed by atoms with Crippen molar-refractivity contribution >= 4 is 17.2 Å². The van der Waals surface area contributed by atoms with Crippen LogP contribution in [0, 0.1) is 0 Å². The summed E-state index contributed by atoms with van der Waals surface area (Å²) in [6.45, 7) is 3.37. The van der Waals surface area contributed by atoms with Gasteiger partial charge in [-0.3, -0.25) is 4.79 Å². The van der Waals surface area contributed by atoms with E-state index >= 15 is 0 Å². The van der Waals surface area contributed by atoms with Crippen LogP contribution in [0.5, 0.6) is 5.75 Å². The third kappa shape index (κ3) is 4.92. The summed E-state index contributed by atoms with van der Waals surface area (Å²) >= 11 is 1.55. The molecule has 0 aliphatic heterocycles. The van der Waals surface area contributed by atoms with E-state index in [0.29, 0.717) is 44.3 Å². The zero-order valence-electron chi connectivity index (χ0n) is 14.6. The highest BCUT2D eigenvalue weighted by Gasteiger charge is 2.16. The van der Waals surface area contributed by atoms with Crippen molar-refractivity contribution in [3.63, 3.8) is 0 Å². The maximum absolute atomic E-state index is 12.4. The second-order valence-electron chi connectivity index (χ2n) is 5.66. The van der Waals surface area contributed by atoms with Crippen LogP contribution in [0.3, 0.4) is 0 Å². The molecule has 7 heteroatoms. The fraction of sp³-hybridized carbons (Fsp3) is 0.316. The molecule has 26 heavy (non-hydrogen) atoms. The van der Waals surface area contributed by atoms with E-state index in [-0.39, 0.29) is 5.91 Å². The van der Waals surface area contributed by atoms with Crippen LogP contribution in [0.25, 0.3) is 10.7 Å². The van der Waals surface area contributed by atoms with E-state index < -0.39 is 0 Å². The minimum Gasteiger partial charge on any atom is -0.494 e. The molecule has 3 rings (SSSR count). The van der Waals surface area contributed by atoms with E-state index in [2.05, 4.69) is 10.1 Å². The topological polar surface area (TPSA) is 68.5 Å². The average molecular weight is 371 g/mol. The number of thiophene rings is 1. The Morgan fingerprint density at radius 2 is 2.08 bits per heavy atom. The van der Waals surface area contributed by atoms with Crippen LogP contribution in [0.4, 0.5) is 0 Å². The molecule has 0 unspecified atom stereocenters. The van der Waals surface area contributed by atoms with Gasteiger partial charge in [-0.15, -0.1) is 11.3 Å². The number of benzene rings is 1. The molecular formula is C19H21N3O3S. The molecule has 6 nitrogen and oxygen atoms in total. The number of rotatable bonds is 9. The fourth-order valence-electron chi connectivity index (χ4n) is 2.45. The maximum Gasteiger partial charge on any atom is 0.246 e. The summed E-state index contributed by atoms with van der Waals surface area (Å²) in [5.41, 5.74) is 0. The molecule has 3 aromatic rings. The summed E-state index contributed by atoms with van der Waals surface area (Å²) in [5.74, 6) is 1.89. The minimum absolute atomic E-state index is 0.0556. The van der Waals surface area contributed by atoms with Crippen LogP contribution >= 0.6 is 11.3 Å². The highest BCUT2D eigenvalue weighted by atomic mass is 32.1. The number of ether oxygens (including phenoxy) is 1. The lowest BCUT2D eigenvalue weighted by atomic mass is 10.2. The van der Waals surface area contributed by atoms with Crippen molar-refractivity contribution in [2.24, 2.45) is 0 Å². The van der Waals surface area contributed by atoms with Gasteiger partial charge >= 0.3 is 0 Å². The maximum atomic E-state index is 12.4. The number of hydrogen-bond donors (Lipinski definition) is 0. The van der Waals surface area contributed by atoms with Crippen molar-refractivity contribution in [1.29, 1.82) is 0 Å². The lowest BCUT2D eigenvalue weighted by Crippen LogP contribution is -2.30. The predicted molar refractivity (Wildman–Crippen MR) is 99.9 cm³/mol. The van der Waals surface area contributed by atoms with Gasteiger partial charge in [-0.25, -0.2) is 0 Å². The van der Waals surface area contributed by atoms with Gasteiger partial charge in [0.05, 0.1) is 18.0 Å². The summed E-state index contributed by atoms with van der Waals surface area (Å²) in [4.78, 5) is 19.4.